The van der Waals surface area contributed by atoms with Gasteiger partial charge in [-0.05, 0) is 37.1 Å². The van der Waals surface area contributed by atoms with Gasteiger partial charge in [-0.2, -0.15) is 0 Å². The summed E-state index contributed by atoms with van der Waals surface area (Å²) < 4.78 is 1.98. The molecule has 0 spiro atoms. The monoisotopic (exact) mass is 319 g/mol. The number of pyridine rings is 1. The fourth-order valence-electron chi connectivity index (χ4n) is 2.64. The molecule has 1 aromatic carbocycles. The molecular formula is C20H21N3O. The minimum absolute atomic E-state index is 0.0703. The second kappa shape index (κ2) is 7.13. The quantitative estimate of drug-likeness (QED) is 0.777. The lowest BCUT2D eigenvalue weighted by Gasteiger charge is -2.07. The first-order chi connectivity index (χ1) is 11.7. The van der Waals surface area contributed by atoms with Gasteiger partial charge in [0, 0.05) is 37.2 Å². The number of amides is 1. The molecule has 4 heteroatoms. The molecule has 0 aliphatic carbocycles. The summed E-state index contributed by atoms with van der Waals surface area (Å²) in [5, 5.41) is 2.96. The van der Waals surface area contributed by atoms with Crippen LogP contribution in [0.4, 0.5) is 0 Å². The van der Waals surface area contributed by atoms with Crippen molar-refractivity contribution in [1.82, 2.24) is 14.9 Å². The Labute approximate surface area is 142 Å². The van der Waals surface area contributed by atoms with Crippen molar-refractivity contribution < 1.29 is 4.79 Å². The van der Waals surface area contributed by atoms with Gasteiger partial charge in [0.15, 0.2) is 0 Å². The van der Waals surface area contributed by atoms with Gasteiger partial charge in [0.05, 0.1) is 0 Å². The summed E-state index contributed by atoms with van der Waals surface area (Å²) in [5.41, 5.74) is 5.07. The van der Waals surface area contributed by atoms with Crippen LogP contribution in [0.1, 0.15) is 28.5 Å². The van der Waals surface area contributed by atoms with Crippen molar-refractivity contribution in [2.75, 3.05) is 0 Å². The van der Waals surface area contributed by atoms with Gasteiger partial charge in [0.1, 0.15) is 5.69 Å². The molecule has 3 rings (SSSR count). The van der Waals surface area contributed by atoms with Crippen molar-refractivity contribution in [2.45, 2.75) is 26.9 Å². The summed E-state index contributed by atoms with van der Waals surface area (Å²) in [7, 11) is 0. The van der Waals surface area contributed by atoms with E-state index in [0.717, 1.165) is 23.2 Å². The molecule has 24 heavy (non-hydrogen) atoms. The summed E-state index contributed by atoms with van der Waals surface area (Å²) >= 11 is 0. The Hall–Kier alpha value is -2.88. The van der Waals surface area contributed by atoms with E-state index in [1.165, 1.54) is 5.56 Å². The lowest BCUT2D eigenvalue weighted by Crippen LogP contribution is -2.25. The van der Waals surface area contributed by atoms with Crippen LogP contribution in [0.2, 0.25) is 0 Å². The summed E-state index contributed by atoms with van der Waals surface area (Å²) in [4.78, 5) is 16.6. The Morgan fingerprint density at radius 3 is 2.62 bits per heavy atom. The Morgan fingerprint density at radius 2 is 1.96 bits per heavy atom. The van der Waals surface area contributed by atoms with Gasteiger partial charge in [0.2, 0.25) is 0 Å². The Kier molecular flexibility index (Phi) is 4.75. The normalized spacial score (nSPS) is 10.6. The summed E-state index contributed by atoms with van der Waals surface area (Å²) in [6, 6.07) is 14.1. The van der Waals surface area contributed by atoms with Crippen LogP contribution in [-0.2, 0) is 13.1 Å². The van der Waals surface area contributed by atoms with Crippen LogP contribution < -0.4 is 5.32 Å². The van der Waals surface area contributed by atoms with Gasteiger partial charge in [0.25, 0.3) is 5.91 Å². The molecule has 2 heterocycles. The molecular weight excluding hydrogens is 298 g/mol. The smallest absolute Gasteiger partial charge is 0.268 e. The lowest BCUT2D eigenvalue weighted by molar-refractivity contribution is 0.0941. The maximum atomic E-state index is 12.5. The summed E-state index contributed by atoms with van der Waals surface area (Å²) in [6.45, 7) is 5.33. The zero-order chi connectivity index (χ0) is 16.9. The highest BCUT2D eigenvalue weighted by Gasteiger charge is 2.13. The van der Waals surface area contributed by atoms with Gasteiger partial charge in [-0.25, -0.2) is 0 Å². The Balaban J connectivity index is 1.79. The van der Waals surface area contributed by atoms with Crippen molar-refractivity contribution in [3.63, 3.8) is 0 Å². The topological polar surface area (TPSA) is 46.9 Å². The minimum Gasteiger partial charge on any atom is -0.347 e. The number of rotatable bonds is 5. The number of benzene rings is 1. The summed E-state index contributed by atoms with van der Waals surface area (Å²) in [6.07, 6.45) is 5.52. The van der Waals surface area contributed by atoms with Gasteiger partial charge < -0.3 is 9.88 Å². The number of aromatic nitrogens is 2. The van der Waals surface area contributed by atoms with E-state index >= 15 is 0 Å². The van der Waals surface area contributed by atoms with Crippen molar-refractivity contribution in [3.8, 4) is 11.1 Å². The average Bonchev–Trinajstić information content (AvgIpc) is 3.05. The van der Waals surface area contributed by atoms with Crippen LogP contribution in [-0.4, -0.2) is 15.5 Å². The third-order valence-corrected chi connectivity index (χ3v) is 4.03. The fraction of sp³-hybridized carbons (Fsp3) is 0.200. The molecule has 0 radical (unpaired) electrons. The van der Waals surface area contributed by atoms with Crippen molar-refractivity contribution >= 4 is 5.91 Å². The van der Waals surface area contributed by atoms with E-state index in [2.05, 4.69) is 41.5 Å². The molecule has 122 valence electrons. The van der Waals surface area contributed by atoms with E-state index in [1.54, 1.807) is 12.4 Å². The van der Waals surface area contributed by atoms with E-state index in [0.29, 0.717) is 12.2 Å². The maximum absolute atomic E-state index is 12.5. The number of hydrogen-bond donors (Lipinski definition) is 1. The van der Waals surface area contributed by atoms with Crippen molar-refractivity contribution in [2.24, 2.45) is 0 Å². The molecule has 0 bridgehead atoms. The molecule has 0 unspecified atom stereocenters. The largest absolute Gasteiger partial charge is 0.347 e. The Morgan fingerprint density at radius 1 is 1.17 bits per heavy atom. The molecule has 0 atom stereocenters. The third-order valence-electron chi connectivity index (χ3n) is 4.03. The van der Waals surface area contributed by atoms with Crippen LogP contribution in [0.3, 0.4) is 0 Å². The molecule has 4 nitrogen and oxygen atoms in total. The molecule has 0 saturated heterocycles. The van der Waals surface area contributed by atoms with E-state index in [-0.39, 0.29) is 5.91 Å². The molecule has 0 saturated carbocycles. The highest BCUT2D eigenvalue weighted by molar-refractivity contribution is 5.94. The van der Waals surface area contributed by atoms with Crippen LogP contribution in [0, 0.1) is 6.92 Å². The number of aryl methyl sites for hydroxylation is 2. The summed E-state index contributed by atoms with van der Waals surface area (Å²) in [5.74, 6) is -0.0703. The van der Waals surface area contributed by atoms with Crippen LogP contribution in [0.25, 0.3) is 11.1 Å². The minimum atomic E-state index is -0.0703. The first kappa shape index (κ1) is 16.0. The predicted octanol–water partition coefficient (Wildman–Crippen LogP) is 3.81. The van der Waals surface area contributed by atoms with Crippen LogP contribution in [0.5, 0.6) is 0 Å². The first-order valence-corrected chi connectivity index (χ1v) is 8.11. The number of carbonyl (C=O) groups is 1. The molecule has 1 amide bonds. The molecule has 1 N–H and O–H groups in total. The highest BCUT2D eigenvalue weighted by atomic mass is 16.1. The first-order valence-electron chi connectivity index (χ1n) is 8.11. The van der Waals surface area contributed by atoms with E-state index in [1.807, 2.05) is 35.9 Å². The second-order valence-corrected chi connectivity index (χ2v) is 5.81. The molecule has 3 aromatic rings. The standard InChI is InChI=1S/C20H21N3O/c1-3-23-14-18(17-8-6-15(2)7-9-17)11-19(23)20(24)22-13-16-5-4-10-21-12-16/h4-12,14H,3,13H2,1-2H3,(H,22,24). The number of nitrogens with zero attached hydrogens (tertiary/aromatic N) is 2. The van der Waals surface area contributed by atoms with Gasteiger partial charge in [-0.1, -0.05) is 35.9 Å². The van der Waals surface area contributed by atoms with Gasteiger partial charge in [-0.15, -0.1) is 0 Å². The fourth-order valence-corrected chi connectivity index (χ4v) is 2.64. The Bertz CT molecular complexity index is 820. The van der Waals surface area contributed by atoms with Gasteiger partial charge in [-0.3, -0.25) is 9.78 Å². The highest BCUT2D eigenvalue weighted by Crippen LogP contribution is 2.23. The van der Waals surface area contributed by atoms with Gasteiger partial charge >= 0.3 is 0 Å². The van der Waals surface area contributed by atoms with E-state index < -0.39 is 0 Å². The predicted molar refractivity (Wildman–Crippen MR) is 95.7 cm³/mol. The maximum Gasteiger partial charge on any atom is 0.268 e. The molecule has 2 aromatic heterocycles. The number of carbonyl (C=O) groups excluding carboxylic acids is 1. The molecule has 0 aliphatic rings. The molecule has 0 fully saturated rings. The van der Waals surface area contributed by atoms with E-state index in [9.17, 15) is 4.79 Å². The van der Waals surface area contributed by atoms with Crippen molar-refractivity contribution in [1.29, 1.82) is 0 Å². The zero-order valence-electron chi connectivity index (χ0n) is 14.0. The SMILES string of the molecule is CCn1cc(-c2ccc(C)cc2)cc1C(=O)NCc1cccnc1. The van der Waals surface area contributed by atoms with Crippen LogP contribution >= 0.6 is 0 Å². The van der Waals surface area contributed by atoms with Crippen LogP contribution in [0.15, 0.2) is 61.1 Å². The average molecular weight is 319 g/mol. The third kappa shape index (κ3) is 3.54. The lowest BCUT2D eigenvalue weighted by atomic mass is 10.1. The van der Waals surface area contributed by atoms with E-state index in [4.69, 9.17) is 0 Å². The number of nitrogens with one attached hydrogen (secondary N) is 1. The van der Waals surface area contributed by atoms with Crippen molar-refractivity contribution in [3.05, 3.63) is 77.9 Å². The second-order valence-electron chi connectivity index (χ2n) is 5.81. The number of hydrogen-bond acceptors (Lipinski definition) is 2. The zero-order valence-corrected chi connectivity index (χ0v) is 14.0. The molecule has 0 aliphatic heterocycles.